The zero-order valence-corrected chi connectivity index (χ0v) is 17.6. The first kappa shape index (κ1) is 21.2. The van der Waals surface area contributed by atoms with E-state index in [1.165, 1.54) is 11.6 Å². The van der Waals surface area contributed by atoms with Gasteiger partial charge in [0.1, 0.15) is 0 Å². The van der Waals surface area contributed by atoms with Crippen LogP contribution < -0.4 is 14.8 Å². The van der Waals surface area contributed by atoms with Crippen LogP contribution in [0.5, 0.6) is 11.5 Å². The smallest absolute Gasteiger partial charge is 0.244 e. The largest absolute Gasteiger partial charge is 0.491 e. The molecule has 1 heterocycles. The Labute approximate surface area is 177 Å². The van der Waals surface area contributed by atoms with Crippen molar-refractivity contribution in [2.75, 3.05) is 26.8 Å². The quantitative estimate of drug-likeness (QED) is 0.659. The minimum Gasteiger partial charge on any atom is -0.491 e. The van der Waals surface area contributed by atoms with Crippen LogP contribution in [0.1, 0.15) is 24.5 Å². The van der Waals surface area contributed by atoms with Crippen LogP contribution in [0.25, 0.3) is 6.08 Å². The molecular weight excluding hydrogens is 388 g/mol. The maximum absolute atomic E-state index is 12.4. The van der Waals surface area contributed by atoms with E-state index in [4.69, 9.17) is 21.1 Å². The molecule has 1 fully saturated rings. The summed E-state index contributed by atoms with van der Waals surface area (Å²) in [6.45, 7) is 5.15. The van der Waals surface area contributed by atoms with Gasteiger partial charge >= 0.3 is 0 Å². The predicted octanol–water partition coefficient (Wildman–Crippen LogP) is 4.15. The molecular formula is C23H27ClN2O3. The van der Waals surface area contributed by atoms with Crippen molar-refractivity contribution in [3.63, 3.8) is 0 Å². The summed E-state index contributed by atoms with van der Waals surface area (Å²) in [5.74, 6) is 0.955. The van der Waals surface area contributed by atoms with E-state index in [1.807, 2.05) is 19.1 Å². The van der Waals surface area contributed by atoms with Gasteiger partial charge in [0.15, 0.2) is 11.5 Å². The van der Waals surface area contributed by atoms with E-state index >= 15 is 0 Å². The van der Waals surface area contributed by atoms with Crippen molar-refractivity contribution < 1.29 is 14.3 Å². The zero-order chi connectivity index (χ0) is 20.6. The molecule has 1 unspecified atom stereocenters. The van der Waals surface area contributed by atoms with Crippen molar-refractivity contribution >= 4 is 23.6 Å². The zero-order valence-electron chi connectivity index (χ0n) is 16.9. The van der Waals surface area contributed by atoms with E-state index in [0.29, 0.717) is 23.1 Å². The number of hydrogen-bond acceptors (Lipinski definition) is 4. The molecule has 0 radical (unpaired) electrons. The number of rotatable bonds is 8. The number of nitrogens with one attached hydrogen (secondary N) is 1. The number of hydrogen-bond donors (Lipinski definition) is 1. The monoisotopic (exact) mass is 414 g/mol. The number of halogens is 1. The van der Waals surface area contributed by atoms with Crippen LogP contribution in [-0.2, 0) is 11.3 Å². The summed E-state index contributed by atoms with van der Waals surface area (Å²) in [6.07, 6.45) is 4.23. The average Bonchev–Trinajstić information content (AvgIpc) is 3.14. The third-order valence-electron chi connectivity index (χ3n) is 4.83. The van der Waals surface area contributed by atoms with Crippen molar-refractivity contribution in [2.24, 2.45) is 0 Å². The molecule has 0 aliphatic carbocycles. The molecule has 1 amide bonds. The van der Waals surface area contributed by atoms with Gasteiger partial charge in [-0.3, -0.25) is 9.69 Å². The summed E-state index contributed by atoms with van der Waals surface area (Å²) in [5, 5.41) is 3.54. The van der Waals surface area contributed by atoms with Gasteiger partial charge in [-0.25, -0.2) is 0 Å². The molecule has 0 spiro atoms. The number of benzene rings is 2. The third-order valence-corrected chi connectivity index (χ3v) is 5.11. The Morgan fingerprint density at radius 1 is 1.31 bits per heavy atom. The number of amides is 1. The standard InChI is InChI=1S/C23H27ClN2O3/c1-3-29-21-14-18(13-20(24)23(21)28-2)9-10-22(27)25-19-11-12-26(16-19)15-17-7-5-4-6-8-17/h4-10,13-14,19H,3,11-12,15-16H2,1-2H3,(H,25,27). The fourth-order valence-corrected chi connectivity index (χ4v) is 3.80. The molecule has 1 aliphatic heterocycles. The highest BCUT2D eigenvalue weighted by atomic mass is 35.5. The van der Waals surface area contributed by atoms with Gasteiger partial charge in [0, 0.05) is 31.8 Å². The summed E-state index contributed by atoms with van der Waals surface area (Å²) >= 11 is 6.26. The molecule has 29 heavy (non-hydrogen) atoms. The van der Waals surface area contributed by atoms with Crippen molar-refractivity contribution in [3.8, 4) is 11.5 Å². The SMILES string of the molecule is CCOc1cc(C=CC(=O)NC2CCN(Cc3ccccc3)C2)cc(Cl)c1OC. The minimum atomic E-state index is -0.110. The first-order valence-corrected chi connectivity index (χ1v) is 10.2. The Balaban J connectivity index is 1.55. The number of methoxy groups -OCH3 is 1. The lowest BCUT2D eigenvalue weighted by atomic mass is 10.1. The predicted molar refractivity (Wildman–Crippen MR) is 116 cm³/mol. The van der Waals surface area contributed by atoms with E-state index < -0.39 is 0 Å². The van der Waals surface area contributed by atoms with Crippen LogP contribution >= 0.6 is 11.6 Å². The van der Waals surface area contributed by atoms with E-state index in [1.54, 1.807) is 19.3 Å². The van der Waals surface area contributed by atoms with Gasteiger partial charge in [-0.15, -0.1) is 0 Å². The van der Waals surface area contributed by atoms with Crippen LogP contribution in [-0.4, -0.2) is 43.7 Å². The van der Waals surface area contributed by atoms with Gasteiger partial charge in [-0.1, -0.05) is 41.9 Å². The summed E-state index contributed by atoms with van der Waals surface area (Å²) in [5.41, 5.74) is 2.08. The summed E-state index contributed by atoms with van der Waals surface area (Å²) in [7, 11) is 1.55. The highest BCUT2D eigenvalue weighted by Crippen LogP contribution is 2.36. The van der Waals surface area contributed by atoms with Gasteiger partial charge in [0.2, 0.25) is 5.91 Å². The Kier molecular flexibility index (Phi) is 7.55. The maximum atomic E-state index is 12.4. The second-order valence-corrected chi connectivity index (χ2v) is 7.42. The van der Waals surface area contributed by atoms with Crippen LogP contribution in [0.15, 0.2) is 48.5 Å². The van der Waals surface area contributed by atoms with Crippen LogP contribution in [0, 0.1) is 0 Å². The molecule has 1 saturated heterocycles. The van der Waals surface area contributed by atoms with Crippen LogP contribution in [0.3, 0.4) is 0 Å². The fourth-order valence-electron chi connectivity index (χ4n) is 3.50. The van der Waals surface area contributed by atoms with Crippen molar-refractivity contribution in [1.82, 2.24) is 10.2 Å². The number of likely N-dealkylation sites (tertiary alicyclic amines) is 1. The first-order chi connectivity index (χ1) is 14.1. The Morgan fingerprint density at radius 2 is 2.10 bits per heavy atom. The Morgan fingerprint density at radius 3 is 2.83 bits per heavy atom. The number of ether oxygens (including phenoxy) is 2. The second kappa shape index (κ2) is 10.3. The van der Waals surface area contributed by atoms with Gasteiger partial charge in [0.05, 0.1) is 18.7 Å². The van der Waals surface area contributed by atoms with Crippen LogP contribution in [0.4, 0.5) is 0 Å². The lowest BCUT2D eigenvalue weighted by molar-refractivity contribution is -0.117. The van der Waals surface area contributed by atoms with Crippen molar-refractivity contribution in [2.45, 2.75) is 25.9 Å². The summed E-state index contributed by atoms with van der Waals surface area (Å²) in [6, 6.07) is 14.1. The van der Waals surface area contributed by atoms with E-state index in [-0.39, 0.29) is 11.9 Å². The van der Waals surface area contributed by atoms with Gasteiger partial charge in [-0.2, -0.15) is 0 Å². The molecule has 0 aromatic heterocycles. The molecule has 3 rings (SSSR count). The molecule has 2 aromatic rings. The normalized spacial score (nSPS) is 16.9. The number of carbonyl (C=O) groups excluding carboxylic acids is 1. The third kappa shape index (κ3) is 5.99. The highest BCUT2D eigenvalue weighted by molar-refractivity contribution is 6.32. The van der Waals surface area contributed by atoms with E-state index in [0.717, 1.165) is 31.6 Å². The van der Waals surface area contributed by atoms with E-state index in [9.17, 15) is 4.79 Å². The fraction of sp³-hybridized carbons (Fsp3) is 0.348. The van der Waals surface area contributed by atoms with Gasteiger partial charge in [-0.05, 0) is 42.7 Å². The summed E-state index contributed by atoms with van der Waals surface area (Å²) in [4.78, 5) is 14.7. The lowest BCUT2D eigenvalue weighted by Crippen LogP contribution is -2.35. The molecule has 1 N–H and O–H groups in total. The lowest BCUT2D eigenvalue weighted by Gasteiger charge is -2.16. The molecule has 1 atom stereocenters. The molecule has 0 saturated carbocycles. The van der Waals surface area contributed by atoms with Gasteiger partial charge in [0.25, 0.3) is 0 Å². The topological polar surface area (TPSA) is 50.8 Å². The molecule has 0 bridgehead atoms. The van der Waals surface area contributed by atoms with Crippen LogP contribution in [0.2, 0.25) is 5.02 Å². The Bertz CT molecular complexity index is 855. The molecule has 1 aliphatic rings. The first-order valence-electron chi connectivity index (χ1n) is 9.84. The summed E-state index contributed by atoms with van der Waals surface area (Å²) < 4.78 is 10.9. The molecule has 5 nitrogen and oxygen atoms in total. The average molecular weight is 415 g/mol. The minimum absolute atomic E-state index is 0.110. The molecule has 6 heteroatoms. The Hall–Kier alpha value is -2.50. The maximum Gasteiger partial charge on any atom is 0.244 e. The molecule has 2 aromatic carbocycles. The van der Waals surface area contributed by atoms with E-state index in [2.05, 4.69) is 34.5 Å². The van der Waals surface area contributed by atoms with Gasteiger partial charge < -0.3 is 14.8 Å². The number of nitrogens with zero attached hydrogens (tertiary/aromatic N) is 1. The number of carbonyl (C=O) groups is 1. The second-order valence-electron chi connectivity index (χ2n) is 7.02. The molecule has 154 valence electrons. The van der Waals surface area contributed by atoms with Crippen molar-refractivity contribution in [3.05, 3.63) is 64.7 Å². The highest BCUT2D eigenvalue weighted by Gasteiger charge is 2.23. The van der Waals surface area contributed by atoms with Crippen molar-refractivity contribution in [1.29, 1.82) is 0 Å².